The lowest BCUT2D eigenvalue weighted by atomic mass is 10.0. The molecule has 14 heteroatoms. The molecule has 1 aliphatic rings. The van der Waals surface area contributed by atoms with Gasteiger partial charge in [0.15, 0.2) is 5.69 Å². The Bertz CT molecular complexity index is 1310. The zero-order valence-electron chi connectivity index (χ0n) is 20.9. The summed E-state index contributed by atoms with van der Waals surface area (Å²) in [6, 6.07) is 3.50. The van der Waals surface area contributed by atoms with Crippen molar-refractivity contribution in [3.63, 3.8) is 0 Å². The molecular weight excluding hydrogens is 512 g/mol. The van der Waals surface area contributed by atoms with Crippen LogP contribution in [0.1, 0.15) is 35.6 Å². The van der Waals surface area contributed by atoms with Gasteiger partial charge in [-0.2, -0.15) is 18.3 Å². The van der Waals surface area contributed by atoms with Crippen LogP contribution in [0.3, 0.4) is 0 Å². The van der Waals surface area contributed by atoms with Crippen molar-refractivity contribution in [2.45, 2.75) is 51.1 Å². The molecule has 0 aromatic carbocycles. The predicted molar refractivity (Wildman–Crippen MR) is 126 cm³/mol. The fourth-order valence-electron chi connectivity index (χ4n) is 4.29. The standard InChI is InChI=1S/C24H26F4N6O4/c1-12-20(17-7-6-16(25)10-29-17)21(32-33(12)4)22(35)34-18(13(2)38-14(3)24(34,36)37)11-31-19-8-5-15(9-30-19)23(26,27)28/h5-10,13-14,18,36-37H,11H2,1-4H3,(H,30,31). The maximum Gasteiger partial charge on any atom is 0.417 e. The summed E-state index contributed by atoms with van der Waals surface area (Å²) in [5, 5.41) is 29.1. The van der Waals surface area contributed by atoms with E-state index in [9.17, 15) is 32.6 Å². The van der Waals surface area contributed by atoms with Crippen molar-refractivity contribution in [3.05, 3.63) is 59.4 Å². The molecule has 3 atom stereocenters. The molecule has 3 unspecified atom stereocenters. The van der Waals surface area contributed by atoms with Crippen LogP contribution in [-0.4, -0.2) is 71.5 Å². The molecule has 1 amide bonds. The molecule has 10 nitrogen and oxygen atoms in total. The molecule has 1 saturated heterocycles. The van der Waals surface area contributed by atoms with Gasteiger partial charge in [-0.05, 0) is 45.0 Å². The van der Waals surface area contributed by atoms with Crippen molar-refractivity contribution in [2.24, 2.45) is 7.05 Å². The van der Waals surface area contributed by atoms with Crippen molar-refractivity contribution < 1.29 is 37.3 Å². The third kappa shape index (κ3) is 5.06. The van der Waals surface area contributed by atoms with Crippen LogP contribution in [0.5, 0.6) is 0 Å². The Morgan fingerprint density at radius 2 is 1.87 bits per heavy atom. The van der Waals surface area contributed by atoms with Gasteiger partial charge < -0.3 is 20.3 Å². The number of nitrogens with zero attached hydrogens (tertiary/aromatic N) is 5. The monoisotopic (exact) mass is 538 g/mol. The van der Waals surface area contributed by atoms with Crippen LogP contribution < -0.4 is 5.32 Å². The van der Waals surface area contributed by atoms with Gasteiger partial charge in [-0.1, -0.05) is 0 Å². The lowest BCUT2D eigenvalue weighted by Crippen LogP contribution is -2.70. The maximum absolute atomic E-state index is 13.9. The number of halogens is 4. The molecule has 0 spiro atoms. The number of anilines is 1. The van der Waals surface area contributed by atoms with E-state index in [1.165, 1.54) is 23.7 Å². The highest BCUT2D eigenvalue weighted by Crippen LogP contribution is 2.34. The maximum atomic E-state index is 13.9. The van der Waals surface area contributed by atoms with E-state index in [0.717, 1.165) is 23.2 Å². The molecule has 0 bridgehead atoms. The molecule has 0 aliphatic carbocycles. The van der Waals surface area contributed by atoms with Crippen LogP contribution in [0.15, 0.2) is 36.7 Å². The number of morpholine rings is 1. The van der Waals surface area contributed by atoms with Crippen molar-refractivity contribution in [1.82, 2.24) is 24.6 Å². The van der Waals surface area contributed by atoms with Gasteiger partial charge in [0.05, 0.1) is 35.2 Å². The highest BCUT2D eigenvalue weighted by molar-refractivity contribution is 5.99. The average molecular weight is 539 g/mol. The number of pyridine rings is 2. The van der Waals surface area contributed by atoms with E-state index in [4.69, 9.17) is 4.74 Å². The summed E-state index contributed by atoms with van der Waals surface area (Å²) in [6.07, 6.45) is -4.86. The van der Waals surface area contributed by atoms with Gasteiger partial charge in [0.2, 0.25) is 0 Å². The minimum Gasteiger partial charge on any atom is -0.368 e. The predicted octanol–water partition coefficient (Wildman–Crippen LogP) is 2.71. The van der Waals surface area contributed by atoms with E-state index in [0.29, 0.717) is 11.9 Å². The number of nitrogens with one attached hydrogen (secondary N) is 1. The highest BCUT2D eigenvalue weighted by atomic mass is 19.4. The summed E-state index contributed by atoms with van der Waals surface area (Å²) in [4.78, 5) is 22.5. The molecule has 3 aromatic rings. The van der Waals surface area contributed by atoms with Crippen LogP contribution in [0.4, 0.5) is 23.4 Å². The smallest absolute Gasteiger partial charge is 0.368 e. The molecule has 4 heterocycles. The first-order valence-corrected chi connectivity index (χ1v) is 11.6. The number of alkyl halides is 3. The lowest BCUT2D eigenvalue weighted by Gasteiger charge is -2.50. The fraction of sp³-hybridized carbons (Fsp3) is 0.417. The van der Waals surface area contributed by atoms with Crippen molar-refractivity contribution in [1.29, 1.82) is 0 Å². The van der Waals surface area contributed by atoms with Crippen LogP contribution in [-0.2, 0) is 18.0 Å². The van der Waals surface area contributed by atoms with Crippen LogP contribution >= 0.6 is 0 Å². The Morgan fingerprint density at radius 1 is 1.16 bits per heavy atom. The van der Waals surface area contributed by atoms with Crippen LogP contribution in [0.2, 0.25) is 0 Å². The quantitative estimate of drug-likeness (QED) is 0.335. The minimum atomic E-state index is -4.55. The molecule has 1 aliphatic heterocycles. The molecule has 3 aromatic heterocycles. The largest absolute Gasteiger partial charge is 0.417 e. The SMILES string of the molecule is Cc1c(-c2ccc(F)cn2)c(C(=O)N2C(CNc3ccc(C(F)(F)F)cn3)C(C)OC(C)C2(O)O)nn1C. The van der Waals surface area contributed by atoms with Gasteiger partial charge in [-0.15, -0.1) is 0 Å². The molecule has 0 saturated carbocycles. The number of aromatic nitrogens is 4. The van der Waals surface area contributed by atoms with Crippen molar-refractivity contribution in [2.75, 3.05) is 11.9 Å². The van der Waals surface area contributed by atoms with E-state index < -0.39 is 47.6 Å². The first-order valence-electron chi connectivity index (χ1n) is 11.6. The van der Waals surface area contributed by atoms with E-state index in [2.05, 4.69) is 20.4 Å². The normalized spacial score (nSPS) is 21.4. The van der Waals surface area contributed by atoms with Gasteiger partial charge in [-0.25, -0.2) is 9.37 Å². The second-order valence-corrected chi connectivity index (χ2v) is 9.02. The van der Waals surface area contributed by atoms with E-state index in [-0.39, 0.29) is 29.3 Å². The Labute approximate surface area is 214 Å². The molecular formula is C24H26F4N6O4. The summed E-state index contributed by atoms with van der Waals surface area (Å²) < 4.78 is 59.2. The highest BCUT2D eigenvalue weighted by Gasteiger charge is 2.53. The average Bonchev–Trinajstić information content (AvgIpc) is 3.14. The third-order valence-electron chi connectivity index (χ3n) is 6.51. The van der Waals surface area contributed by atoms with Crippen molar-refractivity contribution in [3.8, 4) is 11.3 Å². The van der Waals surface area contributed by atoms with Gasteiger partial charge in [0, 0.05) is 25.5 Å². The molecule has 38 heavy (non-hydrogen) atoms. The number of amides is 1. The number of carbonyl (C=O) groups excluding carboxylic acids is 1. The molecule has 0 radical (unpaired) electrons. The number of carbonyl (C=O) groups is 1. The van der Waals surface area contributed by atoms with Gasteiger partial charge >= 0.3 is 6.18 Å². The second-order valence-electron chi connectivity index (χ2n) is 9.02. The van der Waals surface area contributed by atoms with Crippen molar-refractivity contribution >= 4 is 11.7 Å². The van der Waals surface area contributed by atoms with Crippen LogP contribution in [0.25, 0.3) is 11.3 Å². The fourth-order valence-corrected chi connectivity index (χ4v) is 4.29. The van der Waals surface area contributed by atoms with Gasteiger partial charge in [0.1, 0.15) is 17.7 Å². The van der Waals surface area contributed by atoms with E-state index >= 15 is 0 Å². The zero-order chi connectivity index (χ0) is 28.0. The van der Waals surface area contributed by atoms with E-state index in [1.807, 2.05) is 0 Å². The Kier molecular flexibility index (Phi) is 7.16. The minimum absolute atomic E-state index is 0.0718. The number of aliphatic hydroxyl groups is 2. The summed E-state index contributed by atoms with van der Waals surface area (Å²) in [5.74, 6) is -4.15. The zero-order valence-corrected chi connectivity index (χ0v) is 20.9. The summed E-state index contributed by atoms with van der Waals surface area (Å²) in [7, 11) is 1.59. The number of ether oxygens (including phenoxy) is 1. The molecule has 204 valence electrons. The first-order chi connectivity index (χ1) is 17.7. The van der Waals surface area contributed by atoms with Gasteiger partial charge in [-0.3, -0.25) is 19.4 Å². The molecule has 1 fully saturated rings. The number of rotatable bonds is 5. The Balaban J connectivity index is 1.69. The number of hydrogen-bond donors (Lipinski definition) is 3. The second kappa shape index (κ2) is 9.93. The molecule has 3 N–H and O–H groups in total. The van der Waals surface area contributed by atoms with Gasteiger partial charge in [0.25, 0.3) is 11.8 Å². The number of aryl methyl sites for hydroxylation is 1. The summed E-state index contributed by atoms with van der Waals surface area (Å²) >= 11 is 0. The Hall–Kier alpha value is -3.62. The molecule has 4 rings (SSSR count). The number of hydrogen-bond acceptors (Lipinski definition) is 8. The third-order valence-corrected chi connectivity index (χ3v) is 6.51. The first kappa shape index (κ1) is 27.4. The summed E-state index contributed by atoms with van der Waals surface area (Å²) in [6.45, 7) is 4.51. The lowest BCUT2D eigenvalue weighted by molar-refractivity contribution is -0.347. The topological polar surface area (TPSA) is 126 Å². The van der Waals surface area contributed by atoms with Crippen LogP contribution in [0, 0.1) is 12.7 Å². The summed E-state index contributed by atoms with van der Waals surface area (Å²) in [5.41, 5.74) is -0.0428. The van der Waals surface area contributed by atoms with E-state index in [1.54, 1.807) is 20.9 Å². The Morgan fingerprint density at radius 3 is 2.45 bits per heavy atom.